The van der Waals surface area contributed by atoms with Crippen LogP contribution in [0.15, 0.2) is 34.7 Å². The molecule has 1 aromatic heterocycles. The predicted molar refractivity (Wildman–Crippen MR) is 82.7 cm³/mol. The summed E-state index contributed by atoms with van der Waals surface area (Å²) in [6, 6.07) is 9.59. The van der Waals surface area contributed by atoms with Gasteiger partial charge in [0, 0.05) is 11.4 Å². The van der Waals surface area contributed by atoms with Gasteiger partial charge >= 0.3 is 0 Å². The average Bonchev–Trinajstić information content (AvgIpc) is 2.92. The second kappa shape index (κ2) is 7.25. The fourth-order valence-electron chi connectivity index (χ4n) is 1.87. The highest BCUT2D eigenvalue weighted by Gasteiger charge is 2.06. The lowest BCUT2D eigenvalue weighted by molar-refractivity contribution is 0.318. The summed E-state index contributed by atoms with van der Waals surface area (Å²) >= 11 is 6.04. The molecule has 0 unspecified atom stereocenters. The zero-order chi connectivity index (χ0) is 14.4. The van der Waals surface area contributed by atoms with Gasteiger partial charge in [0.25, 0.3) is 0 Å². The number of hydrogen-bond donors (Lipinski definition) is 1. The van der Waals surface area contributed by atoms with E-state index in [0.717, 1.165) is 35.8 Å². The lowest BCUT2D eigenvalue weighted by atomic mass is 10.3. The van der Waals surface area contributed by atoms with Crippen LogP contribution in [0.4, 0.5) is 5.69 Å². The van der Waals surface area contributed by atoms with Crippen LogP contribution in [0, 0.1) is 0 Å². The number of furan rings is 1. The second-order valence-electron chi connectivity index (χ2n) is 4.56. The van der Waals surface area contributed by atoms with Crippen molar-refractivity contribution in [3.8, 4) is 5.75 Å². The lowest BCUT2D eigenvalue weighted by Crippen LogP contribution is -2.03. The summed E-state index contributed by atoms with van der Waals surface area (Å²) in [6.07, 6.45) is 1.88. The van der Waals surface area contributed by atoms with Gasteiger partial charge in [-0.25, -0.2) is 0 Å². The molecule has 0 saturated carbocycles. The molecule has 1 N–H and O–H groups in total. The van der Waals surface area contributed by atoms with E-state index in [2.05, 4.69) is 19.2 Å². The van der Waals surface area contributed by atoms with Gasteiger partial charge in [-0.2, -0.15) is 0 Å². The number of benzene rings is 1. The molecule has 3 nitrogen and oxygen atoms in total. The van der Waals surface area contributed by atoms with Crippen molar-refractivity contribution in [3.05, 3.63) is 46.9 Å². The van der Waals surface area contributed by atoms with Crippen molar-refractivity contribution in [1.29, 1.82) is 0 Å². The number of anilines is 1. The molecule has 108 valence electrons. The first-order valence-electron chi connectivity index (χ1n) is 6.96. The molecule has 20 heavy (non-hydrogen) atoms. The molecule has 4 heteroatoms. The molecule has 1 heterocycles. The minimum absolute atomic E-state index is 0.614. The Morgan fingerprint density at radius 2 is 1.95 bits per heavy atom. The molecule has 0 amide bonds. The van der Waals surface area contributed by atoms with Gasteiger partial charge < -0.3 is 14.5 Å². The smallest absolute Gasteiger partial charge is 0.142 e. The van der Waals surface area contributed by atoms with E-state index in [0.29, 0.717) is 18.2 Å². The van der Waals surface area contributed by atoms with Crippen LogP contribution in [-0.4, -0.2) is 6.61 Å². The van der Waals surface area contributed by atoms with Gasteiger partial charge in [-0.05, 0) is 36.8 Å². The second-order valence-corrected chi connectivity index (χ2v) is 5.00. The molecule has 0 atom stereocenters. The SMILES string of the molecule is CCCOc1ccc(Cl)cc1NCc1ccc(CC)o1. The Kier molecular flexibility index (Phi) is 5.36. The third-order valence-corrected chi connectivity index (χ3v) is 3.16. The molecule has 0 fully saturated rings. The molecule has 0 saturated heterocycles. The van der Waals surface area contributed by atoms with Crippen LogP contribution in [0.5, 0.6) is 5.75 Å². The highest BCUT2D eigenvalue weighted by molar-refractivity contribution is 6.30. The fraction of sp³-hybridized carbons (Fsp3) is 0.375. The number of nitrogens with one attached hydrogen (secondary N) is 1. The molecule has 0 aliphatic rings. The minimum atomic E-state index is 0.614. The molecule has 0 aliphatic heterocycles. The third kappa shape index (κ3) is 3.94. The molecule has 0 spiro atoms. The van der Waals surface area contributed by atoms with Gasteiger partial charge in [0.05, 0.1) is 18.8 Å². The van der Waals surface area contributed by atoms with Gasteiger partial charge in [-0.1, -0.05) is 25.4 Å². The van der Waals surface area contributed by atoms with Gasteiger partial charge in [-0.15, -0.1) is 0 Å². The summed E-state index contributed by atoms with van der Waals surface area (Å²) in [5.74, 6) is 2.72. The lowest BCUT2D eigenvalue weighted by Gasteiger charge is -2.12. The van der Waals surface area contributed by atoms with Crippen molar-refractivity contribution in [1.82, 2.24) is 0 Å². The van der Waals surface area contributed by atoms with Crippen molar-refractivity contribution in [2.75, 3.05) is 11.9 Å². The predicted octanol–water partition coefficient (Wildman–Crippen LogP) is 4.90. The largest absolute Gasteiger partial charge is 0.491 e. The van der Waals surface area contributed by atoms with Crippen LogP contribution in [-0.2, 0) is 13.0 Å². The summed E-state index contributed by atoms with van der Waals surface area (Å²) < 4.78 is 11.4. The van der Waals surface area contributed by atoms with Crippen LogP contribution in [0.2, 0.25) is 5.02 Å². The van der Waals surface area contributed by atoms with Gasteiger partial charge in [0.2, 0.25) is 0 Å². The Morgan fingerprint density at radius 3 is 2.65 bits per heavy atom. The molecule has 0 radical (unpaired) electrons. The standard InChI is InChI=1S/C16H20ClNO2/c1-3-9-19-16-8-5-12(17)10-15(16)18-11-14-7-6-13(4-2)20-14/h5-8,10,18H,3-4,9,11H2,1-2H3. The monoisotopic (exact) mass is 293 g/mol. The van der Waals surface area contributed by atoms with Crippen LogP contribution in [0.1, 0.15) is 31.8 Å². The molecule has 0 bridgehead atoms. The van der Waals surface area contributed by atoms with Crippen molar-refractivity contribution in [2.45, 2.75) is 33.2 Å². The van der Waals surface area contributed by atoms with E-state index in [1.165, 1.54) is 0 Å². The van der Waals surface area contributed by atoms with E-state index in [4.69, 9.17) is 20.8 Å². The molecule has 0 aliphatic carbocycles. The van der Waals surface area contributed by atoms with Crippen LogP contribution < -0.4 is 10.1 Å². The quantitative estimate of drug-likeness (QED) is 0.789. The number of aryl methyl sites for hydroxylation is 1. The Hall–Kier alpha value is -1.61. The van der Waals surface area contributed by atoms with E-state index < -0.39 is 0 Å². The molecule has 2 rings (SSSR count). The zero-order valence-electron chi connectivity index (χ0n) is 11.9. The van der Waals surface area contributed by atoms with Crippen LogP contribution in [0.3, 0.4) is 0 Å². The van der Waals surface area contributed by atoms with Crippen LogP contribution >= 0.6 is 11.6 Å². The van der Waals surface area contributed by atoms with Crippen molar-refractivity contribution in [2.24, 2.45) is 0 Å². The molecule has 2 aromatic rings. The maximum Gasteiger partial charge on any atom is 0.142 e. The summed E-state index contributed by atoms with van der Waals surface area (Å²) in [5.41, 5.74) is 0.889. The third-order valence-electron chi connectivity index (χ3n) is 2.92. The molecular formula is C16H20ClNO2. The summed E-state index contributed by atoms with van der Waals surface area (Å²) in [4.78, 5) is 0. The normalized spacial score (nSPS) is 10.6. The Bertz CT molecular complexity index is 551. The topological polar surface area (TPSA) is 34.4 Å². The summed E-state index contributed by atoms with van der Waals surface area (Å²) in [5, 5.41) is 4.00. The first kappa shape index (κ1) is 14.8. The number of hydrogen-bond acceptors (Lipinski definition) is 3. The van der Waals surface area contributed by atoms with Crippen LogP contribution in [0.25, 0.3) is 0 Å². The van der Waals surface area contributed by atoms with Crippen molar-refractivity contribution >= 4 is 17.3 Å². The first-order valence-corrected chi connectivity index (χ1v) is 7.34. The fourth-order valence-corrected chi connectivity index (χ4v) is 2.04. The van der Waals surface area contributed by atoms with E-state index in [1.807, 2.05) is 30.3 Å². The van der Waals surface area contributed by atoms with E-state index in [-0.39, 0.29) is 0 Å². The maximum atomic E-state index is 6.04. The van der Waals surface area contributed by atoms with E-state index in [1.54, 1.807) is 0 Å². The Balaban J connectivity index is 2.05. The van der Waals surface area contributed by atoms with Gasteiger partial charge in [0.15, 0.2) is 0 Å². The average molecular weight is 294 g/mol. The first-order chi connectivity index (χ1) is 9.72. The number of rotatable bonds is 7. The maximum absolute atomic E-state index is 6.04. The van der Waals surface area contributed by atoms with Crippen molar-refractivity contribution < 1.29 is 9.15 Å². The van der Waals surface area contributed by atoms with E-state index >= 15 is 0 Å². The highest BCUT2D eigenvalue weighted by atomic mass is 35.5. The Labute approximate surface area is 124 Å². The zero-order valence-corrected chi connectivity index (χ0v) is 12.7. The summed E-state index contributed by atoms with van der Waals surface area (Å²) in [7, 11) is 0. The van der Waals surface area contributed by atoms with Crippen molar-refractivity contribution in [3.63, 3.8) is 0 Å². The minimum Gasteiger partial charge on any atom is -0.491 e. The summed E-state index contributed by atoms with van der Waals surface area (Å²) in [6.45, 7) is 5.46. The highest BCUT2D eigenvalue weighted by Crippen LogP contribution is 2.28. The molecular weight excluding hydrogens is 274 g/mol. The van der Waals surface area contributed by atoms with Gasteiger partial charge in [0.1, 0.15) is 17.3 Å². The van der Waals surface area contributed by atoms with Gasteiger partial charge in [-0.3, -0.25) is 0 Å². The van der Waals surface area contributed by atoms with E-state index in [9.17, 15) is 0 Å². The Morgan fingerprint density at radius 1 is 1.15 bits per heavy atom. The number of halogens is 1. The molecule has 1 aromatic carbocycles. The number of ether oxygens (including phenoxy) is 1.